The number of hydrogen-bond donors (Lipinski definition) is 1. The maximum absolute atomic E-state index is 12.2. The normalized spacial score (nSPS) is 17.0. The van der Waals surface area contributed by atoms with Crippen molar-refractivity contribution in [2.24, 2.45) is 10.9 Å². The van der Waals surface area contributed by atoms with Crippen molar-refractivity contribution in [1.29, 1.82) is 0 Å². The van der Waals surface area contributed by atoms with E-state index < -0.39 is 0 Å². The maximum atomic E-state index is 12.2. The van der Waals surface area contributed by atoms with Gasteiger partial charge in [0.2, 0.25) is 5.91 Å². The highest BCUT2D eigenvalue weighted by Crippen LogP contribution is 2.21. The molecule has 1 aromatic rings. The Labute approximate surface area is 126 Å². The van der Waals surface area contributed by atoms with Gasteiger partial charge in [0.1, 0.15) is 0 Å². The van der Waals surface area contributed by atoms with E-state index in [0.717, 1.165) is 25.7 Å². The number of nitrogens with one attached hydrogen (secondary N) is 1. The zero-order chi connectivity index (χ0) is 15.2. The van der Waals surface area contributed by atoms with E-state index in [1.54, 1.807) is 24.3 Å². The molecule has 114 valence electrons. The number of amides is 1. The molecule has 0 bridgehead atoms. The van der Waals surface area contributed by atoms with Gasteiger partial charge in [-0.05, 0) is 36.4 Å². The van der Waals surface area contributed by atoms with Gasteiger partial charge < -0.3 is 10.4 Å². The average molecular weight is 287 g/mol. The maximum Gasteiger partial charge on any atom is 0.226 e. The van der Waals surface area contributed by atoms with Gasteiger partial charge in [-0.3, -0.25) is 9.79 Å². The number of carbonyl (C=O) groups excluding carboxylic acids is 1. The molecule has 0 unspecified atom stereocenters. The fraction of sp³-hybridized carbons (Fsp3) is 0.529. The van der Waals surface area contributed by atoms with E-state index >= 15 is 0 Å². The Morgan fingerprint density at radius 1 is 1.29 bits per heavy atom. The number of carbonyl (C=O) groups is 1. The molecular formula is C17H23N2O2-. The molecule has 1 amide bonds. The van der Waals surface area contributed by atoms with E-state index in [1.807, 2.05) is 13.8 Å². The predicted molar refractivity (Wildman–Crippen MR) is 83.3 cm³/mol. The standard InChI is InChI=1S/C17H24N2O2/c1-12(2)16(20)19-15-10-6-7-13(11-15)17(21)18-14-8-4-3-5-9-14/h6-7,10-12,14H,3-5,8-9H2,1-2H3,(H,18,21)(H,19,20)/p-1. The summed E-state index contributed by atoms with van der Waals surface area (Å²) in [7, 11) is 0. The monoisotopic (exact) mass is 287 g/mol. The first-order valence-corrected chi connectivity index (χ1v) is 7.72. The molecule has 0 aliphatic heterocycles. The largest absolute Gasteiger partial charge is 0.858 e. The Morgan fingerprint density at radius 2 is 2.00 bits per heavy atom. The minimum atomic E-state index is -0.178. The topological polar surface area (TPSA) is 64.5 Å². The van der Waals surface area contributed by atoms with E-state index in [1.165, 1.54) is 6.42 Å². The van der Waals surface area contributed by atoms with E-state index in [-0.39, 0.29) is 23.8 Å². The van der Waals surface area contributed by atoms with Crippen LogP contribution in [0.3, 0.4) is 0 Å². The lowest BCUT2D eigenvalue weighted by Gasteiger charge is -2.21. The van der Waals surface area contributed by atoms with Gasteiger partial charge in [0.25, 0.3) is 0 Å². The summed E-state index contributed by atoms with van der Waals surface area (Å²) in [5.41, 5.74) is 1.19. The van der Waals surface area contributed by atoms with E-state index in [2.05, 4.69) is 10.3 Å². The van der Waals surface area contributed by atoms with Crippen LogP contribution in [0.5, 0.6) is 0 Å². The van der Waals surface area contributed by atoms with E-state index in [4.69, 9.17) is 0 Å². The van der Waals surface area contributed by atoms with Crippen molar-refractivity contribution in [2.45, 2.75) is 52.0 Å². The first kappa shape index (κ1) is 15.5. The third kappa shape index (κ3) is 4.59. The molecule has 1 aliphatic rings. The zero-order valence-corrected chi connectivity index (χ0v) is 12.8. The fourth-order valence-corrected chi connectivity index (χ4v) is 2.47. The molecule has 0 aromatic heterocycles. The summed E-state index contributed by atoms with van der Waals surface area (Å²) >= 11 is 0. The highest BCUT2D eigenvalue weighted by molar-refractivity contribution is 5.95. The summed E-state index contributed by atoms with van der Waals surface area (Å²) in [5.74, 6) is -0.317. The third-order valence-electron chi connectivity index (χ3n) is 3.78. The van der Waals surface area contributed by atoms with Crippen LogP contribution in [-0.4, -0.2) is 17.8 Å². The molecule has 2 rings (SSSR count). The smallest absolute Gasteiger partial charge is 0.226 e. The molecule has 1 fully saturated rings. The molecular weight excluding hydrogens is 264 g/mol. The summed E-state index contributed by atoms with van der Waals surface area (Å²) in [6, 6.07) is 7.19. The molecule has 0 spiro atoms. The number of rotatable bonds is 4. The van der Waals surface area contributed by atoms with Crippen LogP contribution in [-0.2, 0) is 4.79 Å². The summed E-state index contributed by atoms with van der Waals surface area (Å²) < 4.78 is 0. The van der Waals surface area contributed by atoms with Crippen molar-refractivity contribution in [3.63, 3.8) is 0 Å². The van der Waals surface area contributed by atoms with Gasteiger partial charge >= 0.3 is 0 Å². The van der Waals surface area contributed by atoms with Crippen LogP contribution in [0, 0.1) is 5.92 Å². The molecule has 0 saturated heterocycles. The minimum absolute atomic E-state index is 0.0520. The van der Waals surface area contributed by atoms with E-state index in [9.17, 15) is 9.90 Å². The summed E-state index contributed by atoms with van der Waals surface area (Å²) in [4.78, 5) is 16.0. The highest BCUT2D eigenvalue weighted by Gasteiger charge is 2.12. The molecule has 1 saturated carbocycles. The van der Waals surface area contributed by atoms with Crippen molar-refractivity contribution in [3.8, 4) is 0 Å². The van der Waals surface area contributed by atoms with Gasteiger partial charge in [0, 0.05) is 17.6 Å². The molecule has 0 radical (unpaired) electrons. The fourth-order valence-electron chi connectivity index (χ4n) is 2.47. The van der Waals surface area contributed by atoms with Crippen LogP contribution >= 0.6 is 0 Å². The Kier molecular flexibility index (Phi) is 5.37. The van der Waals surface area contributed by atoms with Gasteiger partial charge in [0.05, 0.1) is 0 Å². The van der Waals surface area contributed by atoms with Crippen LogP contribution < -0.4 is 10.4 Å². The van der Waals surface area contributed by atoms with Gasteiger partial charge in [-0.25, -0.2) is 0 Å². The van der Waals surface area contributed by atoms with Crippen LogP contribution in [0.1, 0.15) is 51.5 Å². The number of anilines is 1. The lowest BCUT2D eigenvalue weighted by molar-refractivity contribution is -0.213. The first-order valence-electron chi connectivity index (χ1n) is 7.72. The third-order valence-corrected chi connectivity index (χ3v) is 3.78. The number of aliphatic imine (C=N–C) groups is 1. The lowest BCUT2D eigenvalue weighted by atomic mass is 9.96. The van der Waals surface area contributed by atoms with Gasteiger partial charge in [-0.1, -0.05) is 45.2 Å². The quantitative estimate of drug-likeness (QED) is 0.683. The van der Waals surface area contributed by atoms with Crippen molar-refractivity contribution < 1.29 is 9.90 Å². The van der Waals surface area contributed by atoms with Crippen LogP contribution in [0.25, 0.3) is 0 Å². The number of benzene rings is 1. The highest BCUT2D eigenvalue weighted by atomic mass is 16.3. The Bertz CT molecular complexity index is 517. The molecule has 1 aromatic carbocycles. The Hall–Kier alpha value is -1.84. The van der Waals surface area contributed by atoms with Gasteiger partial charge in [-0.15, -0.1) is 0 Å². The molecule has 4 nitrogen and oxygen atoms in total. The summed E-state index contributed by atoms with van der Waals surface area (Å²) in [5, 5.41) is 15.0. The van der Waals surface area contributed by atoms with Crippen molar-refractivity contribution in [2.75, 3.05) is 5.32 Å². The molecule has 21 heavy (non-hydrogen) atoms. The molecule has 1 N–H and O–H groups in total. The second-order valence-electron chi connectivity index (χ2n) is 5.95. The Morgan fingerprint density at radius 3 is 2.67 bits per heavy atom. The SMILES string of the molecule is CC(C)C(=O)Nc1cccc(C([O-])=NC2CCCCC2)c1. The minimum Gasteiger partial charge on any atom is -0.858 e. The number of hydrogen-bond acceptors (Lipinski definition) is 3. The van der Waals surface area contributed by atoms with Gasteiger partial charge in [-0.2, -0.15) is 0 Å². The van der Waals surface area contributed by atoms with Crippen LogP contribution in [0.2, 0.25) is 0 Å². The molecule has 1 aliphatic carbocycles. The first-order chi connectivity index (χ1) is 10.1. The Balaban J connectivity index is 2.08. The number of nitrogens with zero attached hydrogens (tertiary/aromatic N) is 1. The van der Waals surface area contributed by atoms with Crippen LogP contribution in [0.15, 0.2) is 29.3 Å². The lowest BCUT2D eigenvalue weighted by Crippen LogP contribution is -2.24. The second-order valence-corrected chi connectivity index (χ2v) is 5.95. The molecule has 0 heterocycles. The molecule has 4 heteroatoms. The predicted octanol–water partition coefficient (Wildman–Crippen LogP) is 2.72. The summed E-state index contributed by atoms with van der Waals surface area (Å²) in [6.07, 6.45) is 5.58. The van der Waals surface area contributed by atoms with Crippen LogP contribution in [0.4, 0.5) is 5.69 Å². The van der Waals surface area contributed by atoms with Crippen molar-refractivity contribution in [3.05, 3.63) is 29.8 Å². The van der Waals surface area contributed by atoms with Crippen molar-refractivity contribution in [1.82, 2.24) is 0 Å². The second kappa shape index (κ2) is 7.25. The zero-order valence-electron chi connectivity index (χ0n) is 12.8. The average Bonchev–Trinajstić information content (AvgIpc) is 2.48. The van der Waals surface area contributed by atoms with E-state index in [0.29, 0.717) is 11.3 Å². The molecule has 0 atom stereocenters. The van der Waals surface area contributed by atoms with Gasteiger partial charge in [0.15, 0.2) is 0 Å². The summed E-state index contributed by atoms with van der Waals surface area (Å²) in [6.45, 7) is 3.67. The van der Waals surface area contributed by atoms with Crippen molar-refractivity contribution >= 4 is 17.5 Å².